The zero-order chi connectivity index (χ0) is 77.3. The van der Waals surface area contributed by atoms with Crippen LogP contribution < -0.4 is 9.80 Å². The van der Waals surface area contributed by atoms with Crippen molar-refractivity contribution in [3.63, 3.8) is 0 Å². The summed E-state index contributed by atoms with van der Waals surface area (Å²) < 4.78 is 42.1. The van der Waals surface area contributed by atoms with Gasteiger partial charge < -0.3 is 14.9 Å². The zero-order valence-electron chi connectivity index (χ0n) is 66.8. The number of unbranched alkanes of at least 4 members (excludes halogenated alkanes) is 20. The summed E-state index contributed by atoms with van der Waals surface area (Å²) in [4.78, 5) is 16.5. The predicted octanol–water partition coefficient (Wildman–Crippen LogP) is 32.2. The van der Waals surface area contributed by atoms with E-state index in [0.717, 1.165) is 62.4 Å². The Labute approximate surface area is 661 Å². The van der Waals surface area contributed by atoms with E-state index >= 15 is 0 Å². The molecule has 0 saturated heterocycles. The van der Waals surface area contributed by atoms with Gasteiger partial charge in [-0.2, -0.15) is 13.2 Å². The molecule has 13 rings (SSSR count). The number of hydrogen-bond acceptors (Lipinski definition) is 3. The first-order valence-electron chi connectivity index (χ1n) is 42.3. The molecule has 0 aromatic heterocycles. The van der Waals surface area contributed by atoms with E-state index in [1.165, 1.54) is 230 Å². The highest BCUT2D eigenvalue weighted by Gasteiger charge is 2.48. The van der Waals surface area contributed by atoms with E-state index in [9.17, 15) is 23.1 Å². The van der Waals surface area contributed by atoms with E-state index in [-0.39, 0.29) is 16.4 Å². The molecule has 1 N–H and O–H groups in total. The van der Waals surface area contributed by atoms with Crippen LogP contribution in [0.1, 0.15) is 257 Å². The van der Waals surface area contributed by atoms with Gasteiger partial charge in [0.2, 0.25) is 0 Å². The van der Waals surface area contributed by atoms with Crippen molar-refractivity contribution >= 4 is 40.1 Å². The number of carboxylic acid groups (broad SMARTS) is 1. The van der Waals surface area contributed by atoms with Crippen molar-refractivity contribution in [2.24, 2.45) is 0 Å². The number of rotatable bonds is 39. The summed E-state index contributed by atoms with van der Waals surface area (Å²) in [6, 6.07) is 85.4. The van der Waals surface area contributed by atoms with Crippen LogP contribution in [0.5, 0.6) is 0 Å². The molecule has 0 saturated carbocycles. The van der Waals surface area contributed by atoms with E-state index in [1.54, 1.807) is 34.4 Å². The Bertz CT molecular complexity index is 4810. The third-order valence-corrected chi connectivity index (χ3v) is 24.4. The number of anilines is 6. The molecule has 0 fully saturated rings. The number of nitrogens with zero attached hydrogens (tertiary/aromatic N) is 2. The highest BCUT2D eigenvalue weighted by Crippen LogP contribution is 2.62. The first kappa shape index (κ1) is 79.4. The molecule has 0 amide bonds. The minimum atomic E-state index is -4.71. The molecule has 0 spiro atoms. The van der Waals surface area contributed by atoms with E-state index in [4.69, 9.17) is 0 Å². The van der Waals surface area contributed by atoms with Crippen molar-refractivity contribution in [3.8, 4) is 66.8 Å². The number of carboxylic acids is 1. The lowest BCUT2D eigenvalue weighted by atomic mass is 9.68. The number of aryl methyl sites for hydroxylation is 2. The highest BCUT2D eigenvalue weighted by molar-refractivity contribution is 5.93. The number of benzene rings is 11. The summed E-state index contributed by atoms with van der Waals surface area (Å²) in [5, 5.41) is 9.75. The summed E-state index contributed by atoms with van der Waals surface area (Å²) in [7, 11) is 0. The third-order valence-electron chi connectivity index (χ3n) is 24.4. The third kappa shape index (κ3) is 18.3. The number of aromatic carboxylic acids is 1. The van der Waals surface area contributed by atoms with Crippen molar-refractivity contribution < 1.29 is 23.1 Å². The lowest BCUT2D eigenvalue weighted by Gasteiger charge is -2.35. The fourth-order valence-electron chi connectivity index (χ4n) is 18.2. The van der Waals surface area contributed by atoms with Gasteiger partial charge in [-0.25, -0.2) is 4.79 Å². The average molecular weight is 1480 g/mol. The molecule has 0 radical (unpaired) electrons. The number of alkyl halides is 3. The molecule has 0 bridgehead atoms. The fraction of sp³-hybridized carbons (Fsp3) is 0.356. The maximum atomic E-state index is 14.0. The lowest BCUT2D eigenvalue weighted by Crippen LogP contribution is -2.27. The first-order valence-corrected chi connectivity index (χ1v) is 42.3. The normalized spacial score (nSPS) is 13.1. The Hall–Kier alpha value is -9.72. The van der Waals surface area contributed by atoms with Crippen LogP contribution in [-0.2, 0) is 17.0 Å². The second-order valence-electron chi connectivity index (χ2n) is 32.2. The van der Waals surface area contributed by atoms with Crippen LogP contribution in [0.2, 0.25) is 0 Å². The van der Waals surface area contributed by atoms with Gasteiger partial charge in [0, 0.05) is 45.0 Å². The average Bonchev–Trinajstić information content (AvgIpc) is 1.53. The van der Waals surface area contributed by atoms with Crippen LogP contribution in [0.15, 0.2) is 243 Å². The Kier molecular flexibility index (Phi) is 26.5. The van der Waals surface area contributed by atoms with Gasteiger partial charge in [-0.1, -0.05) is 326 Å². The number of fused-ring (bicyclic) bond motifs is 6. The standard InChI is InChI=1S/C104H115F3N2O2/c1-7-11-15-19-23-30-64-102(65-31-24-20-16-12-8-2)97-68-76(6)38-62-93(97)95-73-100-96(74-99(95)102)94-63-49-83(72-98(94)103(100,66-32-25-21-17-13-9-3)67-33-26-22-18-14-10-4)81-45-58-91(59-46-81)109(89-52-39-78(40-53-89)77-34-28-27-29-35-77)90-56-43-80(44-57-90)79-41-54-88(55-42-79)108(87-50-36-75(5)37-51-87)92-60-47-82(48-61-92)84-69-85(101(110)111)71-86(70-84)104(105,106)107/h27-29,34-63,68-74H,7-26,30-33,64-67H2,1-6H3,(H,110,111). The Balaban J connectivity index is 0.849. The van der Waals surface area contributed by atoms with E-state index < -0.39 is 23.3 Å². The molecule has 111 heavy (non-hydrogen) atoms. The summed E-state index contributed by atoms with van der Waals surface area (Å²) in [6.45, 7) is 13.7. The first-order chi connectivity index (χ1) is 54.1. The van der Waals surface area contributed by atoms with Gasteiger partial charge in [-0.3, -0.25) is 0 Å². The second kappa shape index (κ2) is 37.1. The number of hydrogen-bond donors (Lipinski definition) is 1. The number of halogens is 3. The second-order valence-corrected chi connectivity index (χ2v) is 32.2. The monoisotopic (exact) mass is 1480 g/mol. The predicted molar refractivity (Wildman–Crippen MR) is 463 cm³/mol. The van der Waals surface area contributed by atoms with Crippen LogP contribution in [0.3, 0.4) is 0 Å². The maximum absolute atomic E-state index is 14.0. The van der Waals surface area contributed by atoms with Crippen LogP contribution in [0.25, 0.3) is 66.8 Å². The molecule has 11 aromatic carbocycles. The SMILES string of the molecule is CCCCCCCCC1(CCCCCCCC)c2cc(C)ccc2-c2cc3c(cc21)-c1ccc(-c2ccc(N(c4ccc(-c5ccccc5)cc4)c4ccc(-c5ccc(N(c6ccc(C)cc6)c6ccc(-c7cc(C(=O)O)cc(C(F)(F)F)c7)cc6)cc5)cc4)cc2)cc1C3(CCCCCCCC)CCCCCCCC. The largest absolute Gasteiger partial charge is 0.478 e. The van der Waals surface area contributed by atoms with Gasteiger partial charge in [-0.05, 0) is 238 Å². The minimum absolute atomic E-state index is 0.00118. The van der Waals surface area contributed by atoms with Crippen LogP contribution in [0, 0.1) is 13.8 Å². The quantitative estimate of drug-likeness (QED) is 0.0390. The maximum Gasteiger partial charge on any atom is 0.416 e. The van der Waals surface area contributed by atoms with Crippen molar-refractivity contribution in [1.82, 2.24) is 0 Å². The van der Waals surface area contributed by atoms with Crippen LogP contribution in [-0.4, -0.2) is 11.1 Å². The van der Waals surface area contributed by atoms with Crippen LogP contribution >= 0.6 is 0 Å². The summed E-state index contributed by atoms with van der Waals surface area (Å²) in [5.41, 5.74) is 26.6. The molecule has 2 aliphatic rings. The van der Waals surface area contributed by atoms with Crippen molar-refractivity contribution in [2.45, 2.75) is 238 Å². The number of carbonyl (C=O) groups is 1. The van der Waals surface area contributed by atoms with Gasteiger partial charge in [-0.15, -0.1) is 0 Å². The Morgan fingerprint density at radius 2 is 0.595 bits per heavy atom. The van der Waals surface area contributed by atoms with Gasteiger partial charge in [0.25, 0.3) is 0 Å². The van der Waals surface area contributed by atoms with Gasteiger partial charge >= 0.3 is 12.1 Å². The smallest absolute Gasteiger partial charge is 0.416 e. The van der Waals surface area contributed by atoms with Crippen molar-refractivity contribution in [3.05, 3.63) is 287 Å². The minimum Gasteiger partial charge on any atom is -0.478 e. The Morgan fingerprint density at radius 3 is 0.964 bits per heavy atom. The molecule has 4 nitrogen and oxygen atoms in total. The van der Waals surface area contributed by atoms with Gasteiger partial charge in [0.05, 0.1) is 11.1 Å². The highest BCUT2D eigenvalue weighted by atomic mass is 19.4. The van der Waals surface area contributed by atoms with Crippen molar-refractivity contribution in [2.75, 3.05) is 9.80 Å². The molecular weight excluding hydrogens is 1370 g/mol. The van der Waals surface area contributed by atoms with E-state index in [2.05, 4.69) is 245 Å². The van der Waals surface area contributed by atoms with Crippen LogP contribution in [0.4, 0.5) is 47.3 Å². The topological polar surface area (TPSA) is 43.8 Å². The summed E-state index contributed by atoms with van der Waals surface area (Å²) in [6.07, 6.45) is 31.1. The lowest BCUT2D eigenvalue weighted by molar-refractivity contribution is -0.137. The molecule has 11 aromatic rings. The Morgan fingerprint density at radius 1 is 0.297 bits per heavy atom. The molecular formula is C104H115F3N2O2. The molecule has 2 aliphatic carbocycles. The fourth-order valence-corrected chi connectivity index (χ4v) is 18.2. The molecule has 0 heterocycles. The van der Waals surface area contributed by atoms with Gasteiger partial charge in [0.15, 0.2) is 0 Å². The molecule has 0 unspecified atom stereocenters. The zero-order valence-corrected chi connectivity index (χ0v) is 66.8. The molecule has 7 heteroatoms. The summed E-state index contributed by atoms with van der Waals surface area (Å²) >= 11 is 0. The van der Waals surface area contributed by atoms with E-state index in [0.29, 0.717) is 11.6 Å². The van der Waals surface area contributed by atoms with Crippen molar-refractivity contribution in [1.29, 1.82) is 0 Å². The van der Waals surface area contributed by atoms with E-state index in [1.807, 2.05) is 19.1 Å². The molecule has 0 atom stereocenters. The molecule has 574 valence electrons. The van der Waals surface area contributed by atoms with Gasteiger partial charge in [0.1, 0.15) is 0 Å². The molecule has 0 aliphatic heterocycles. The summed E-state index contributed by atoms with van der Waals surface area (Å²) in [5.74, 6) is -1.42.